The molecule has 1 aromatic heterocycles. The number of nitrogens with one attached hydrogen (secondary N) is 1. The highest BCUT2D eigenvalue weighted by atomic mass is 79.9. The Balaban J connectivity index is 2.38. The lowest BCUT2D eigenvalue weighted by molar-refractivity contribution is 0.601. The van der Waals surface area contributed by atoms with Crippen molar-refractivity contribution in [3.05, 3.63) is 41.9 Å². The molecule has 4 nitrogen and oxygen atoms in total. The molecule has 0 spiro atoms. The number of nitrogens with two attached hydrogens (primary N) is 1. The summed E-state index contributed by atoms with van der Waals surface area (Å²) < 4.78 is 29.3. The molecule has 2 aromatic rings. The number of halogens is 3. The minimum absolute atomic E-state index is 0.213. The van der Waals surface area contributed by atoms with Gasteiger partial charge < -0.3 is 5.73 Å². The van der Waals surface area contributed by atoms with Gasteiger partial charge in [0.25, 0.3) is 10.0 Å². The summed E-state index contributed by atoms with van der Waals surface area (Å²) in [6, 6.07) is 5.11. The van der Waals surface area contributed by atoms with Crippen molar-refractivity contribution in [3.8, 4) is 0 Å². The summed E-state index contributed by atoms with van der Waals surface area (Å²) in [4.78, 5) is 1.03. The first-order chi connectivity index (χ1) is 9.33. The van der Waals surface area contributed by atoms with E-state index in [1.807, 2.05) is 0 Å². The van der Waals surface area contributed by atoms with Crippen LogP contribution in [0.4, 0.5) is 5.69 Å². The predicted octanol–water partition coefficient (Wildman–Crippen LogP) is 4.30. The van der Waals surface area contributed by atoms with Crippen molar-refractivity contribution in [1.29, 1.82) is 0 Å². The van der Waals surface area contributed by atoms with Gasteiger partial charge in [0.2, 0.25) is 0 Å². The van der Waals surface area contributed by atoms with E-state index in [4.69, 9.17) is 5.73 Å². The summed E-state index contributed by atoms with van der Waals surface area (Å²) >= 11 is 11.3. The van der Waals surface area contributed by atoms with Crippen LogP contribution in [-0.2, 0) is 16.6 Å². The highest BCUT2D eigenvalue weighted by Crippen LogP contribution is 2.36. The molecule has 1 aromatic carbocycles. The third-order valence-corrected chi connectivity index (χ3v) is 6.53. The van der Waals surface area contributed by atoms with Crippen molar-refractivity contribution in [2.45, 2.75) is 11.4 Å². The number of benzene rings is 1. The Morgan fingerprint density at radius 1 is 1.15 bits per heavy atom. The van der Waals surface area contributed by atoms with Crippen molar-refractivity contribution in [2.75, 3.05) is 4.72 Å². The van der Waals surface area contributed by atoms with Crippen molar-refractivity contribution < 1.29 is 8.42 Å². The van der Waals surface area contributed by atoms with Crippen LogP contribution in [0.5, 0.6) is 0 Å². The summed E-state index contributed by atoms with van der Waals surface area (Å²) in [6.45, 7) is 0.325. The normalized spacial score (nSPS) is 11.6. The molecule has 0 atom stereocenters. The van der Waals surface area contributed by atoms with Gasteiger partial charge in [-0.25, -0.2) is 8.42 Å². The van der Waals surface area contributed by atoms with E-state index in [0.29, 0.717) is 21.2 Å². The van der Waals surface area contributed by atoms with Crippen molar-refractivity contribution in [3.63, 3.8) is 0 Å². The van der Waals surface area contributed by atoms with E-state index in [0.717, 1.165) is 9.35 Å². The molecule has 9 heteroatoms. The van der Waals surface area contributed by atoms with Crippen LogP contribution in [0, 0.1) is 0 Å². The number of hydrogen-bond donors (Lipinski definition) is 2. The fraction of sp³-hybridized carbons (Fsp3) is 0.0909. The second-order valence-electron chi connectivity index (χ2n) is 3.80. The van der Waals surface area contributed by atoms with Gasteiger partial charge in [-0.2, -0.15) is 0 Å². The first-order valence-corrected chi connectivity index (χ1v) is 10.0. The monoisotopic (exact) mass is 502 g/mol. The first-order valence-electron chi connectivity index (χ1n) is 5.28. The average molecular weight is 505 g/mol. The summed E-state index contributed by atoms with van der Waals surface area (Å²) in [6.07, 6.45) is 0. The molecule has 0 amide bonds. The fourth-order valence-electron chi connectivity index (χ4n) is 1.44. The van der Waals surface area contributed by atoms with E-state index in [-0.39, 0.29) is 4.90 Å². The Morgan fingerprint density at radius 2 is 1.75 bits per heavy atom. The Morgan fingerprint density at radius 3 is 2.25 bits per heavy atom. The molecule has 0 fully saturated rings. The van der Waals surface area contributed by atoms with E-state index in [9.17, 15) is 8.42 Å². The van der Waals surface area contributed by atoms with Crippen LogP contribution in [-0.4, -0.2) is 8.42 Å². The smallest absolute Gasteiger partial charge is 0.262 e. The Bertz CT molecular complexity index is 721. The van der Waals surface area contributed by atoms with Gasteiger partial charge in [-0.1, -0.05) is 15.9 Å². The van der Waals surface area contributed by atoms with Gasteiger partial charge in [-0.05, 0) is 50.1 Å². The highest BCUT2D eigenvalue weighted by molar-refractivity contribution is 9.11. The summed E-state index contributed by atoms with van der Waals surface area (Å²) in [5, 5.41) is 1.57. The van der Waals surface area contributed by atoms with E-state index < -0.39 is 10.0 Å². The highest BCUT2D eigenvalue weighted by Gasteiger charge is 2.19. The van der Waals surface area contributed by atoms with Crippen molar-refractivity contribution in [2.24, 2.45) is 5.73 Å². The molecule has 0 aliphatic carbocycles. The molecular formula is C11H9Br3N2O2S2. The molecule has 1 heterocycles. The molecule has 20 heavy (non-hydrogen) atoms. The topological polar surface area (TPSA) is 72.2 Å². The predicted molar refractivity (Wildman–Crippen MR) is 92.6 cm³/mol. The van der Waals surface area contributed by atoms with Gasteiger partial charge >= 0.3 is 0 Å². The zero-order valence-electron chi connectivity index (χ0n) is 9.86. The maximum atomic E-state index is 12.3. The molecule has 0 radical (unpaired) electrons. The molecule has 108 valence electrons. The second-order valence-corrected chi connectivity index (χ2v) is 9.11. The molecule has 0 saturated carbocycles. The summed E-state index contributed by atoms with van der Waals surface area (Å²) in [5.74, 6) is 0. The van der Waals surface area contributed by atoms with Gasteiger partial charge in [0.1, 0.15) is 0 Å². The number of hydrogen-bond acceptors (Lipinski definition) is 4. The third-order valence-electron chi connectivity index (χ3n) is 2.38. The fourth-order valence-corrected chi connectivity index (χ4v) is 6.42. The maximum Gasteiger partial charge on any atom is 0.262 e. The van der Waals surface area contributed by atoms with E-state index in [2.05, 4.69) is 52.5 Å². The Kier molecular flexibility index (Phi) is 5.30. The summed E-state index contributed by atoms with van der Waals surface area (Å²) in [7, 11) is -3.63. The second kappa shape index (κ2) is 6.45. The first kappa shape index (κ1) is 16.4. The lowest BCUT2D eigenvalue weighted by atomic mass is 10.3. The van der Waals surface area contributed by atoms with Gasteiger partial charge in [0.15, 0.2) is 0 Å². The van der Waals surface area contributed by atoms with Gasteiger partial charge in [-0.3, -0.25) is 4.72 Å². The van der Waals surface area contributed by atoms with E-state index in [1.165, 1.54) is 11.3 Å². The van der Waals surface area contributed by atoms with Crippen LogP contribution >= 0.6 is 59.1 Å². The quantitative estimate of drug-likeness (QED) is 0.652. The Labute approximate surface area is 146 Å². The molecule has 0 unspecified atom stereocenters. The third kappa shape index (κ3) is 3.63. The molecule has 0 aliphatic heterocycles. The van der Waals surface area contributed by atoms with E-state index >= 15 is 0 Å². The molecule has 0 aliphatic rings. The van der Waals surface area contributed by atoms with Crippen molar-refractivity contribution in [1.82, 2.24) is 0 Å². The number of sulfonamides is 1. The number of anilines is 1. The van der Waals surface area contributed by atoms with Gasteiger partial charge in [0, 0.05) is 30.2 Å². The van der Waals surface area contributed by atoms with Gasteiger partial charge in [-0.15, -0.1) is 11.3 Å². The zero-order valence-corrected chi connectivity index (χ0v) is 16.3. The van der Waals surface area contributed by atoms with Crippen LogP contribution in [0.3, 0.4) is 0 Å². The molecule has 2 rings (SSSR count). The lowest BCUT2D eigenvalue weighted by Crippen LogP contribution is -2.13. The lowest BCUT2D eigenvalue weighted by Gasteiger charge is -2.11. The van der Waals surface area contributed by atoms with Crippen LogP contribution in [0.1, 0.15) is 4.88 Å². The van der Waals surface area contributed by atoms with Crippen molar-refractivity contribution >= 4 is 74.8 Å². The molecule has 0 bridgehead atoms. The van der Waals surface area contributed by atoms with Crippen LogP contribution in [0.25, 0.3) is 0 Å². The zero-order chi connectivity index (χ0) is 14.9. The van der Waals surface area contributed by atoms with Crippen LogP contribution in [0.15, 0.2) is 41.9 Å². The minimum atomic E-state index is -3.63. The number of rotatable bonds is 4. The maximum absolute atomic E-state index is 12.3. The molecular weight excluding hydrogens is 496 g/mol. The SMILES string of the molecule is NCc1cc(S(=O)(=O)Nc2c(Br)cc(Br)cc2Br)cs1. The average Bonchev–Trinajstić information content (AvgIpc) is 2.83. The molecule has 0 saturated heterocycles. The largest absolute Gasteiger partial charge is 0.326 e. The minimum Gasteiger partial charge on any atom is -0.326 e. The standard InChI is InChI=1S/C11H9Br3N2O2S2/c12-6-1-9(13)11(10(14)2-6)16-20(17,18)8-3-7(4-15)19-5-8/h1-3,5,16H,4,15H2. The van der Waals surface area contributed by atoms with E-state index in [1.54, 1.807) is 23.6 Å². The Hall–Kier alpha value is 0.0700. The number of thiophene rings is 1. The molecule has 3 N–H and O–H groups in total. The van der Waals surface area contributed by atoms with Crippen LogP contribution in [0.2, 0.25) is 0 Å². The van der Waals surface area contributed by atoms with Crippen LogP contribution < -0.4 is 10.5 Å². The summed E-state index contributed by atoms with van der Waals surface area (Å²) in [5.41, 5.74) is 5.95. The van der Waals surface area contributed by atoms with Gasteiger partial charge in [0.05, 0.1) is 10.6 Å².